The highest BCUT2D eigenvalue weighted by Gasteiger charge is 2.19. The van der Waals surface area contributed by atoms with Crippen molar-refractivity contribution < 1.29 is 9.21 Å². The lowest BCUT2D eigenvalue weighted by atomic mass is 9.89. The molecular formula is C17H19ClO2. The number of hydrogen-bond donors (Lipinski definition) is 0. The zero-order valence-electron chi connectivity index (χ0n) is 12.2. The molecule has 2 rings (SSSR count). The highest BCUT2D eigenvalue weighted by molar-refractivity contribution is 6.29. The molecule has 0 aliphatic heterocycles. The van der Waals surface area contributed by atoms with Gasteiger partial charge in [0.1, 0.15) is 0 Å². The predicted octanol–water partition coefficient (Wildman–Crippen LogP) is 5.41. The molecule has 0 N–H and O–H groups in total. The first-order valence-corrected chi connectivity index (χ1v) is 7.21. The Hall–Kier alpha value is -1.54. The van der Waals surface area contributed by atoms with Crippen LogP contribution in [0.5, 0.6) is 0 Å². The van der Waals surface area contributed by atoms with Crippen LogP contribution in [0.2, 0.25) is 5.22 Å². The molecule has 106 valence electrons. The Kier molecular flexibility index (Phi) is 4.34. The third kappa shape index (κ3) is 2.96. The van der Waals surface area contributed by atoms with Crippen LogP contribution in [0.4, 0.5) is 0 Å². The van der Waals surface area contributed by atoms with Crippen molar-refractivity contribution in [3.63, 3.8) is 0 Å². The Labute approximate surface area is 124 Å². The van der Waals surface area contributed by atoms with E-state index in [-0.39, 0.29) is 22.7 Å². The molecule has 0 amide bonds. The van der Waals surface area contributed by atoms with E-state index in [1.807, 2.05) is 12.1 Å². The largest absolute Gasteiger partial charge is 0.441 e. The van der Waals surface area contributed by atoms with Crippen LogP contribution >= 0.6 is 11.6 Å². The van der Waals surface area contributed by atoms with Gasteiger partial charge >= 0.3 is 0 Å². The molecule has 2 nitrogen and oxygen atoms in total. The van der Waals surface area contributed by atoms with Crippen molar-refractivity contribution >= 4 is 17.4 Å². The maximum Gasteiger partial charge on any atom is 0.228 e. The second-order valence-electron chi connectivity index (χ2n) is 5.59. The zero-order chi connectivity index (χ0) is 14.9. The average molecular weight is 291 g/mol. The summed E-state index contributed by atoms with van der Waals surface area (Å²) in [6.45, 7) is 8.47. The third-order valence-electron chi connectivity index (χ3n) is 3.41. The molecule has 0 radical (unpaired) electrons. The van der Waals surface area contributed by atoms with Crippen molar-refractivity contribution in [3.8, 4) is 0 Å². The monoisotopic (exact) mass is 290 g/mol. The lowest BCUT2D eigenvalue weighted by Gasteiger charge is -2.15. The van der Waals surface area contributed by atoms with E-state index in [2.05, 4.69) is 33.8 Å². The molecule has 0 aliphatic carbocycles. The average Bonchev–Trinajstić information content (AvgIpc) is 2.83. The predicted molar refractivity (Wildman–Crippen MR) is 81.8 cm³/mol. The van der Waals surface area contributed by atoms with Gasteiger partial charge in [-0.1, -0.05) is 45.9 Å². The molecule has 20 heavy (non-hydrogen) atoms. The standard InChI is InChI=1S/C17H19ClO2/c1-10(2)12-5-6-13(14(9-12)11(3)4)17(19)15-7-8-16(18)20-15/h5-11H,1-4H3. The number of ketones is 1. The van der Waals surface area contributed by atoms with Gasteiger partial charge in [0.05, 0.1) is 0 Å². The summed E-state index contributed by atoms with van der Waals surface area (Å²) in [4.78, 5) is 12.5. The van der Waals surface area contributed by atoms with Crippen molar-refractivity contribution in [2.45, 2.75) is 39.5 Å². The third-order valence-corrected chi connectivity index (χ3v) is 3.61. The van der Waals surface area contributed by atoms with E-state index in [0.29, 0.717) is 11.5 Å². The normalized spacial score (nSPS) is 11.3. The highest BCUT2D eigenvalue weighted by atomic mass is 35.5. The van der Waals surface area contributed by atoms with Crippen molar-refractivity contribution in [2.24, 2.45) is 0 Å². The Bertz CT molecular complexity index is 624. The highest BCUT2D eigenvalue weighted by Crippen LogP contribution is 2.27. The van der Waals surface area contributed by atoms with Crippen LogP contribution < -0.4 is 0 Å². The van der Waals surface area contributed by atoms with Crippen LogP contribution in [0.1, 0.15) is 66.8 Å². The second kappa shape index (κ2) is 5.84. The smallest absolute Gasteiger partial charge is 0.228 e. The molecule has 0 aliphatic rings. The fourth-order valence-corrected chi connectivity index (χ4v) is 2.34. The molecule has 1 aromatic heterocycles. The number of hydrogen-bond acceptors (Lipinski definition) is 2. The lowest BCUT2D eigenvalue weighted by Crippen LogP contribution is -2.07. The number of rotatable bonds is 4. The van der Waals surface area contributed by atoms with E-state index < -0.39 is 0 Å². The fourth-order valence-electron chi connectivity index (χ4n) is 2.19. The molecule has 0 fully saturated rings. The summed E-state index contributed by atoms with van der Waals surface area (Å²) in [6.07, 6.45) is 0. The summed E-state index contributed by atoms with van der Waals surface area (Å²) in [5.74, 6) is 0.887. The maximum absolute atomic E-state index is 12.5. The number of halogens is 1. The Morgan fingerprint density at radius 3 is 2.25 bits per heavy atom. The first kappa shape index (κ1) is 14.9. The molecule has 0 spiro atoms. The SMILES string of the molecule is CC(C)c1ccc(C(=O)c2ccc(Cl)o2)c(C(C)C)c1. The van der Waals surface area contributed by atoms with E-state index in [9.17, 15) is 4.79 Å². The van der Waals surface area contributed by atoms with E-state index in [1.54, 1.807) is 12.1 Å². The zero-order valence-corrected chi connectivity index (χ0v) is 13.0. The van der Waals surface area contributed by atoms with Gasteiger partial charge in [0.25, 0.3) is 0 Å². The summed E-state index contributed by atoms with van der Waals surface area (Å²) < 4.78 is 5.23. The van der Waals surface area contributed by atoms with E-state index in [0.717, 1.165) is 5.56 Å². The van der Waals surface area contributed by atoms with E-state index in [4.69, 9.17) is 16.0 Å². The van der Waals surface area contributed by atoms with Gasteiger partial charge < -0.3 is 4.42 Å². The van der Waals surface area contributed by atoms with Gasteiger partial charge in [0.15, 0.2) is 11.0 Å². The van der Waals surface area contributed by atoms with Crippen LogP contribution in [0.3, 0.4) is 0 Å². The molecule has 0 bridgehead atoms. The summed E-state index contributed by atoms with van der Waals surface area (Å²) in [5, 5.41) is 0.234. The summed E-state index contributed by atoms with van der Waals surface area (Å²) in [5.41, 5.74) is 2.98. The van der Waals surface area contributed by atoms with Gasteiger partial charge in [-0.15, -0.1) is 0 Å². The van der Waals surface area contributed by atoms with Crippen LogP contribution in [0.25, 0.3) is 0 Å². The Balaban J connectivity index is 2.48. The molecule has 2 aromatic rings. The van der Waals surface area contributed by atoms with Crippen molar-refractivity contribution in [3.05, 3.63) is 58.0 Å². The molecule has 1 aromatic carbocycles. The van der Waals surface area contributed by atoms with Gasteiger partial charge in [-0.25, -0.2) is 0 Å². The molecule has 0 saturated heterocycles. The van der Waals surface area contributed by atoms with Gasteiger partial charge in [-0.3, -0.25) is 4.79 Å². The van der Waals surface area contributed by atoms with Crippen LogP contribution in [-0.2, 0) is 0 Å². The number of carbonyl (C=O) groups excluding carboxylic acids is 1. The number of benzene rings is 1. The van der Waals surface area contributed by atoms with Crippen LogP contribution in [0, 0.1) is 0 Å². The minimum atomic E-state index is -0.115. The molecular weight excluding hydrogens is 272 g/mol. The van der Waals surface area contributed by atoms with Gasteiger partial charge in [-0.2, -0.15) is 0 Å². The van der Waals surface area contributed by atoms with E-state index in [1.165, 1.54) is 5.56 Å². The first-order chi connectivity index (χ1) is 9.40. The summed E-state index contributed by atoms with van der Waals surface area (Å²) in [6, 6.07) is 9.22. The quantitative estimate of drug-likeness (QED) is 0.705. The van der Waals surface area contributed by atoms with Crippen LogP contribution in [0.15, 0.2) is 34.7 Å². The maximum atomic E-state index is 12.5. The second-order valence-corrected chi connectivity index (χ2v) is 5.96. The summed E-state index contributed by atoms with van der Waals surface area (Å²) >= 11 is 5.74. The molecule has 0 atom stereocenters. The van der Waals surface area contributed by atoms with Crippen molar-refractivity contribution in [1.29, 1.82) is 0 Å². The number of furan rings is 1. The van der Waals surface area contributed by atoms with Crippen molar-refractivity contribution in [2.75, 3.05) is 0 Å². The van der Waals surface area contributed by atoms with Crippen LogP contribution in [-0.4, -0.2) is 5.78 Å². The molecule has 0 saturated carbocycles. The lowest BCUT2D eigenvalue weighted by molar-refractivity contribution is 0.101. The van der Waals surface area contributed by atoms with Crippen molar-refractivity contribution in [1.82, 2.24) is 0 Å². The molecule has 1 heterocycles. The Morgan fingerprint density at radius 1 is 1.05 bits per heavy atom. The Morgan fingerprint density at radius 2 is 1.75 bits per heavy atom. The van der Waals surface area contributed by atoms with E-state index >= 15 is 0 Å². The van der Waals surface area contributed by atoms with Gasteiger partial charge in [0, 0.05) is 5.56 Å². The molecule has 0 unspecified atom stereocenters. The molecule has 3 heteroatoms. The minimum absolute atomic E-state index is 0.115. The minimum Gasteiger partial charge on any atom is -0.441 e. The number of carbonyl (C=O) groups is 1. The summed E-state index contributed by atoms with van der Waals surface area (Å²) in [7, 11) is 0. The first-order valence-electron chi connectivity index (χ1n) is 6.84. The fraction of sp³-hybridized carbons (Fsp3) is 0.353. The van der Waals surface area contributed by atoms with Gasteiger partial charge in [-0.05, 0) is 46.7 Å². The topological polar surface area (TPSA) is 30.2 Å². The van der Waals surface area contributed by atoms with Gasteiger partial charge in [0.2, 0.25) is 5.78 Å².